The normalized spacial score (nSPS) is 17.6. The predicted octanol–water partition coefficient (Wildman–Crippen LogP) is 2.10. The van der Waals surface area contributed by atoms with Gasteiger partial charge >= 0.3 is 0 Å². The van der Waals surface area contributed by atoms with E-state index in [1.807, 2.05) is 30.3 Å². The smallest absolute Gasteiger partial charge is 0.249 e. The summed E-state index contributed by atoms with van der Waals surface area (Å²) in [6, 6.07) is 8.90. The number of halogens is 1. The number of rotatable bonds is 4. The maximum Gasteiger partial charge on any atom is 0.249 e. The summed E-state index contributed by atoms with van der Waals surface area (Å²) in [7, 11) is 0. The van der Waals surface area contributed by atoms with Gasteiger partial charge in [0.2, 0.25) is 17.0 Å². The Labute approximate surface area is 138 Å². The topological polar surface area (TPSA) is 75.4 Å². The van der Waals surface area contributed by atoms with E-state index in [9.17, 15) is 9.59 Å². The monoisotopic (exact) mass is 333 g/mol. The summed E-state index contributed by atoms with van der Waals surface area (Å²) >= 11 is 5.85. The zero-order valence-corrected chi connectivity index (χ0v) is 13.3. The first-order chi connectivity index (χ1) is 11.1. The lowest BCUT2D eigenvalue weighted by atomic mass is 10.1. The summed E-state index contributed by atoms with van der Waals surface area (Å²) in [4.78, 5) is 26.3. The number of carbonyl (C=O) groups excluding carboxylic acids is 2. The maximum atomic E-state index is 12.4. The van der Waals surface area contributed by atoms with Gasteiger partial charge in [0.25, 0.3) is 0 Å². The molecular formula is C16H16ClN3O3. The van der Waals surface area contributed by atoms with Gasteiger partial charge in [0.05, 0.1) is 12.1 Å². The number of carbonyl (C=O) groups is 2. The summed E-state index contributed by atoms with van der Waals surface area (Å²) in [5.74, 6) is -0.371. The Balaban J connectivity index is 1.63. The zero-order chi connectivity index (χ0) is 16.4. The molecule has 23 heavy (non-hydrogen) atoms. The molecule has 6 nitrogen and oxygen atoms in total. The summed E-state index contributed by atoms with van der Waals surface area (Å²) in [6.07, 6.45) is 0.624. The minimum atomic E-state index is -0.512. The Morgan fingerprint density at radius 2 is 2.17 bits per heavy atom. The second-order valence-corrected chi connectivity index (χ2v) is 5.77. The molecule has 7 heteroatoms. The van der Waals surface area contributed by atoms with Gasteiger partial charge in [-0.15, -0.1) is 0 Å². The average molecular weight is 334 g/mol. The highest BCUT2D eigenvalue weighted by molar-refractivity contribution is 6.29. The van der Waals surface area contributed by atoms with Crippen molar-refractivity contribution in [3.8, 4) is 0 Å². The van der Waals surface area contributed by atoms with Crippen LogP contribution in [0.2, 0.25) is 5.22 Å². The summed E-state index contributed by atoms with van der Waals surface area (Å²) < 4.78 is 4.82. The minimum absolute atomic E-state index is 0.0449. The third-order valence-electron chi connectivity index (χ3n) is 3.88. The lowest BCUT2D eigenvalue weighted by molar-refractivity contribution is -0.126. The molecule has 2 amide bonds. The third-order valence-corrected chi connectivity index (χ3v) is 4.18. The van der Waals surface area contributed by atoms with Crippen molar-refractivity contribution in [2.75, 3.05) is 11.4 Å². The van der Waals surface area contributed by atoms with Crippen molar-refractivity contribution in [1.82, 2.24) is 10.5 Å². The van der Waals surface area contributed by atoms with Gasteiger partial charge < -0.3 is 14.7 Å². The lowest BCUT2D eigenvalue weighted by Gasteiger charge is -2.17. The fourth-order valence-corrected chi connectivity index (χ4v) is 2.88. The Morgan fingerprint density at radius 3 is 2.83 bits per heavy atom. The number of amides is 2. The summed E-state index contributed by atoms with van der Waals surface area (Å²) in [5.41, 5.74) is 1.97. The largest absolute Gasteiger partial charge is 0.344 e. The molecule has 1 fully saturated rings. The van der Waals surface area contributed by atoms with Crippen molar-refractivity contribution in [3.05, 3.63) is 46.8 Å². The second kappa shape index (κ2) is 6.42. The fourth-order valence-electron chi connectivity index (χ4n) is 2.64. The molecule has 1 atom stereocenters. The van der Waals surface area contributed by atoms with Crippen molar-refractivity contribution in [2.24, 2.45) is 0 Å². The number of nitrogens with zero attached hydrogens (tertiary/aromatic N) is 2. The predicted molar refractivity (Wildman–Crippen MR) is 85.3 cm³/mol. The van der Waals surface area contributed by atoms with E-state index in [-0.39, 0.29) is 23.5 Å². The quantitative estimate of drug-likeness (QED) is 0.929. The van der Waals surface area contributed by atoms with Crippen molar-refractivity contribution in [2.45, 2.75) is 25.8 Å². The molecule has 0 bridgehead atoms. The molecule has 0 radical (unpaired) electrons. The minimum Gasteiger partial charge on any atom is -0.344 e. The van der Waals surface area contributed by atoms with Crippen LogP contribution in [0.1, 0.15) is 17.7 Å². The average Bonchev–Trinajstić information content (AvgIpc) is 3.06. The number of benzene rings is 1. The first-order valence-corrected chi connectivity index (χ1v) is 7.70. The highest BCUT2D eigenvalue weighted by atomic mass is 35.5. The molecule has 120 valence electrons. The molecular weight excluding hydrogens is 318 g/mol. The number of nitrogens with one attached hydrogen (secondary N) is 1. The molecule has 0 spiro atoms. The molecule has 0 saturated carbocycles. The van der Waals surface area contributed by atoms with Crippen molar-refractivity contribution < 1.29 is 14.1 Å². The number of para-hydroxylation sites is 1. The SMILES string of the molecule is Cc1noc(Cl)c1CC(=O)NC1CCN(c2ccccc2)C1=O. The van der Waals surface area contributed by atoms with Gasteiger partial charge in [0, 0.05) is 17.8 Å². The third kappa shape index (κ3) is 3.22. The summed E-state index contributed by atoms with van der Waals surface area (Å²) in [6.45, 7) is 2.30. The molecule has 1 N–H and O–H groups in total. The van der Waals surface area contributed by atoms with Gasteiger partial charge in [-0.25, -0.2) is 0 Å². The van der Waals surface area contributed by atoms with Crippen molar-refractivity contribution in [1.29, 1.82) is 0 Å². The first kappa shape index (κ1) is 15.6. The van der Waals surface area contributed by atoms with Gasteiger partial charge in [-0.2, -0.15) is 0 Å². The van der Waals surface area contributed by atoms with Crippen LogP contribution in [-0.2, 0) is 16.0 Å². The van der Waals surface area contributed by atoms with E-state index >= 15 is 0 Å². The van der Waals surface area contributed by atoms with Crippen molar-refractivity contribution >= 4 is 29.1 Å². The molecule has 0 aliphatic carbocycles. The van der Waals surface area contributed by atoms with Gasteiger partial charge in [-0.3, -0.25) is 9.59 Å². The van der Waals surface area contributed by atoms with Crippen molar-refractivity contribution in [3.63, 3.8) is 0 Å². The van der Waals surface area contributed by atoms with E-state index in [4.69, 9.17) is 16.1 Å². The van der Waals surface area contributed by atoms with Crippen LogP contribution in [0.3, 0.4) is 0 Å². The zero-order valence-electron chi connectivity index (χ0n) is 12.6. The van der Waals surface area contributed by atoms with Gasteiger partial charge in [-0.1, -0.05) is 23.4 Å². The van der Waals surface area contributed by atoms with E-state index in [2.05, 4.69) is 10.5 Å². The number of aromatic nitrogens is 1. The van der Waals surface area contributed by atoms with Crippen LogP contribution in [0.5, 0.6) is 0 Å². The summed E-state index contributed by atoms with van der Waals surface area (Å²) in [5, 5.41) is 6.58. The molecule has 1 aliphatic heterocycles. The number of hydrogen-bond acceptors (Lipinski definition) is 4. The Kier molecular flexibility index (Phi) is 4.34. The van der Waals surface area contributed by atoms with Crippen LogP contribution in [0.15, 0.2) is 34.9 Å². The molecule has 2 heterocycles. The van der Waals surface area contributed by atoms with E-state index in [1.54, 1.807) is 11.8 Å². The Bertz CT molecular complexity index is 710. The van der Waals surface area contributed by atoms with E-state index in [0.717, 1.165) is 5.69 Å². The Morgan fingerprint density at radius 1 is 1.43 bits per heavy atom. The number of hydrogen-bond donors (Lipinski definition) is 1. The highest BCUT2D eigenvalue weighted by Gasteiger charge is 2.33. The highest BCUT2D eigenvalue weighted by Crippen LogP contribution is 2.22. The number of aryl methyl sites for hydroxylation is 1. The number of anilines is 1. The lowest BCUT2D eigenvalue weighted by Crippen LogP contribution is -2.42. The maximum absolute atomic E-state index is 12.4. The van der Waals surface area contributed by atoms with Crippen LogP contribution in [-0.4, -0.2) is 29.6 Å². The Hall–Kier alpha value is -2.34. The van der Waals surface area contributed by atoms with Gasteiger partial charge in [-0.05, 0) is 37.1 Å². The van der Waals surface area contributed by atoms with Gasteiger partial charge in [0.1, 0.15) is 6.04 Å². The molecule has 1 aliphatic rings. The first-order valence-electron chi connectivity index (χ1n) is 7.32. The van der Waals surface area contributed by atoms with Gasteiger partial charge in [0.15, 0.2) is 0 Å². The van der Waals surface area contributed by atoms with Crippen LogP contribution in [0, 0.1) is 6.92 Å². The van der Waals surface area contributed by atoms with Crippen LogP contribution >= 0.6 is 11.6 Å². The molecule has 1 saturated heterocycles. The van der Waals surface area contributed by atoms with E-state index in [1.165, 1.54) is 0 Å². The van der Waals surface area contributed by atoms with Crippen LogP contribution < -0.4 is 10.2 Å². The standard InChI is InChI=1S/C16H16ClN3O3/c1-10-12(15(17)23-19-10)9-14(21)18-13-7-8-20(16(13)22)11-5-3-2-4-6-11/h2-6,13H,7-9H2,1H3,(H,18,21). The molecule has 2 aromatic rings. The molecule has 1 unspecified atom stereocenters. The van der Waals surface area contributed by atoms with E-state index in [0.29, 0.717) is 24.2 Å². The second-order valence-electron chi connectivity index (χ2n) is 5.43. The molecule has 1 aromatic carbocycles. The van der Waals surface area contributed by atoms with Crippen LogP contribution in [0.25, 0.3) is 0 Å². The molecule has 3 rings (SSSR count). The van der Waals surface area contributed by atoms with Crippen LogP contribution in [0.4, 0.5) is 5.69 Å². The fraction of sp³-hybridized carbons (Fsp3) is 0.312. The molecule has 1 aromatic heterocycles. The van der Waals surface area contributed by atoms with E-state index < -0.39 is 6.04 Å².